The Morgan fingerprint density at radius 1 is 1.27 bits per heavy atom. The minimum Gasteiger partial charge on any atom is -0.368 e. The van der Waals surface area contributed by atoms with E-state index in [9.17, 15) is 5.11 Å². The summed E-state index contributed by atoms with van der Waals surface area (Å²) in [6.45, 7) is 9.68. The average molecular weight is 218 g/mol. The molecule has 0 rings (SSSR count). The molecule has 0 aromatic rings. The van der Waals surface area contributed by atoms with Gasteiger partial charge in [-0.2, -0.15) is 0 Å². The first-order chi connectivity index (χ1) is 6.94. The number of aliphatic hydroxyl groups excluding tert-OH is 2. The molecule has 0 saturated carbocycles. The van der Waals surface area contributed by atoms with Crippen molar-refractivity contribution < 1.29 is 19.7 Å². The standard InChI is InChI=1S/C11H22O4/c1-5-9(12)14-7-8-15-10(13)11(3,4)6-2/h5,9-10,12-13H,1,6-8H2,2-4H3. The van der Waals surface area contributed by atoms with E-state index in [0.717, 1.165) is 6.42 Å². The lowest BCUT2D eigenvalue weighted by Gasteiger charge is -2.28. The van der Waals surface area contributed by atoms with Crippen LogP contribution in [0.5, 0.6) is 0 Å². The zero-order valence-corrected chi connectivity index (χ0v) is 9.77. The number of ether oxygens (including phenoxy) is 2. The molecular formula is C11H22O4. The Hall–Kier alpha value is -0.420. The molecule has 2 N–H and O–H groups in total. The van der Waals surface area contributed by atoms with Gasteiger partial charge in [-0.1, -0.05) is 27.4 Å². The van der Waals surface area contributed by atoms with Crippen molar-refractivity contribution >= 4 is 0 Å². The van der Waals surface area contributed by atoms with E-state index in [0.29, 0.717) is 0 Å². The highest BCUT2D eigenvalue weighted by Gasteiger charge is 2.26. The number of aliphatic hydroxyl groups is 2. The molecule has 0 spiro atoms. The first kappa shape index (κ1) is 14.6. The molecule has 2 unspecified atom stereocenters. The van der Waals surface area contributed by atoms with Crippen molar-refractivity contribution in [3.05, 3.63) is 12.7 Å². The highest BCUT2D eigenvalue weighted by molar-refractivity contribution is 4.70. The monoisotopic (exact) mass is 218 g/mol. The lowest BCUT2D eigenvalue weighted by molar-refractivity contribution is -0.181. The van der Waals surface area contributed by atoms with E-state index in [2.05, 4.69) is 6.58 Å². The molecule has 0 heterocycles. The van der Waals surface area contributed by atoms with E-state index < -0.39 is 12.6 Å². The summed E-state index contributed by atoms with van der Waals surface area (Å²) in [7, 11) is 0. The fourth-order valence-electron chi connectivity index (χ4n) is 0.797. The minimum absolute atomic E-state index is 0.226. The largest absolute Gasteiger partial charge is 0.368 e. The molecule has 0 aromatic heterocycles. The van der Waals surface area contributed by atoms with Crippen molar-refractivity contribution in [2.75, 3.05) is 13.2 Å². The van der Waals surface area contributed by atoms with Crippen LogP contribution >= 0.6 is 0 Å². The Balaban J connectivity index is 3.64. The molecule has 0 aliphatic rings. The number of hydrogen-bond donors (Lipinski definition) is 2. The fraction of sp³-hybridized carbons (Fsp3) is 0.818. The first-order valence-electron chi connectivity index (χ1n) is 5.16. The quantitative estimate of drug-likeness (QED) is 0.366. The van der Waals surface area contributed by atoms with Gasteiger partial charge in [0, 0.05) is 5.41 Å². The molecular weight excluding hydrogens is 196 g/mol. The molecule has 0 aliphatic heterocycles. The molecule has 0 amide bonds. The zero-order chi connectivity index (χ0) is 11.9. The third-order valence-electron chi connectivity index (χ3n) is 2.43. The van der Waals surface area contributed by atoms with Gasteiger partial charge in [-0.15, -0.1) is 0 Å². The van der Waals surface area contributed by atoms with E-state index in [1.807, 2.05) is 20.8 Å². The molecule has 15 heavy (non-hydrogen) atoms. The zero-order valence-electron chi connectivity index (χ0n) is 9.77. The van der Waals surface area contributed by atoms with Crippen molar-refractivity contribution in [1.82, 2.24) is 0 Å². The van der Waals surface area contributed by atoms with Crippen LogP contribution in [0, 0.1) is 5.41 Å². The highest BCUT2D eigenvalue weighted by atomic mass is 16.6. The van der Waals surface area contributed by atoms with Gasteiger partial charge in [0.25, 0.3) is 0 Å². The highest BCUT2D eigenvalue weighted by Crippen LogP contribution is 2.25. The van der Waals surface area contributed by atoms with E-state index in [1.165, 1.54) is 6.08 Å². The van der Waals surface area contributed by atoms with E-state index in [4.69, 9.17) is 14.6 Å². The average Bonchev–Trinajstić information content (AvgIpc) is 2.23. The fourth-order valence-corrected chi connectivity index (χ4v) is 0.797. The summed E-state index contributed by atoms with van der Waals surface area (Å²) in [5.74, 6) is 0. The summed E-state index contributed by atoms with van der Waals surface area (Å²) >= 11 is 0. The maximum absolute atomic E-state index is 9.64. The molecule has 0 radical (unpaired) electrons. The Morgan fingerprint density at radius 2 is 1.80 bits per heavy atom. The smallest absolute Gasteiger partial charge is 0.173 e. The van der Waals surface area contributed by atoms with Crippen LogP contribution in [0.25, 0.3) is 0 Å². The summed E-state index contributed by atoms with van der Waals surface area (Å²) in [5.41, 5.74) is -0.267. The molecule has 2 atom stereocenters. The molecule has 90 valence electrons. The molecule has 0 fully saturated rings. The number of rotatable bonds is 8. The molecule has 0 bridgehead atoms. The second-order valence-electron chi connectivity index (χ2n) is 4.06. The van der Waals surface area contributed by atoms with Crippen LogP contribution in [0.3, 0.4) is 0 Å². The summed E-state index contributed by atoms with van der Waals surface area (Å²) in [6.07, 6.45) is 0.327. The van der Waals surface area contributed by atoms with Gasteiger partial charge in [0.1, 0.15) is 0 Å². The predicted molar refractivity (Wildman–Crippen MR) is 58.2 cm³/mol. The summed E-state index contributed by atoms with van der Waals surface area (Å²) < 4.78 is 10.1. The van der Waals surface area contributed by atoms with Gasteiger partial charge < -0.3 is 19.7 Å². The molecule has 4 nitrogen and oxygen atoms in total. The van der Waals surface area contributed by atoms with E-state index >= 15 is 0 Å². The van der Waals surface area contributed by atoms with Crippen LogP contribution in [0.2, 0.25) is 0 Å². The van der Waals surface area contributed by atoms with E-state index in [-0.39, 0.29) is 18.6 Å². The normalized spacial score (nSPS) is 16.1. The van der Waals surface area contributed by atoms with Crippen LogP contribution in [0.1, 0.15) is 27.2 Å². The Morgan fingerprint density at radius 3 is 2.27 bits per heavy atom. The van der Waals surface area contributed by atoms with Crippen molar-refractivity contribution in [2.45, 2.75) is 39.8 Å². The third kappa shape index (κ3) is 5.89. The van der Waals surface area contributed by atoms with Crippen molar-refractivity contribution in [1.29, 1.82) is 0 Å². The van der Waals surface area contributed by atoms with Crippen LogP contribution in [-0.2, 0) is 9.47 Å². The minimum atomic E-state index is -0.968. The second-order valence-corrected chi connectivity index (χ2v) is 4.06. The van der Waals surface area contributed by atoms with Gasteiger partial charge in [0.05, 0.1) is 13.2 Å². The van der Waals surface area contributed by atoms with Crippen LogP contribution in [0.15, 0.2) is 12.7 Å². The first-order valence-corrected chi connectivity index (χ1v) is 5.16. The molecule has 0 aliphatic carbocycles. The van der Waals surface area contributed by atoms with Gasteiger partial charge in [0.15, 0.2) is 12.6 Å². The summed E-state index contributed by atoms with van der Waals surface area (Å²) in [5, 5.41) is 18.6. The SMILES string of the molecule is C=CC(O)OCCOC(O)C(C)(C)CC. The summed E-state index contributed by atoms with van der Waals surface area (Å²) in [6, 6.07) is 0. The second kappa shape index (κ2) is 6.95. The Kier molecular flexibility index (Phi) is 6.76. The number of hydrogen-bond acceptors (Lipinski definition) is 4. The maximum Gasteiger partial charge on any atom is 0.173 e. The van der Waals surface area contributed by atoms with E-state index in [1.54, 1.807) is 0 Å². The Labute approximate surface area is 91.5 Å². The Bertz CT molecular complexity index is 179. The topological polar surface area (TPSA) is 58.9 Å². The lowest BCUT2D eigenvalue weighted by Crippen LogP contribution is -2.32. The molecule has 4 heteroatoms. The third-order valence-corrected chi connectivity index (χ3v) is 2.43. The van der Waals surface area contributed by atoms with Crippen molar-refractivity contribution in [3.63, 3.8) is 0 Å². The van der Waals surface area contributed by atoms with Crippen molar-refractivity contribution in [2.24, 2.45) is 5.41 Å². The molecule has 0 saturated heterocycles. The summed E-state index contributed by atoms with van der Waals surface area (Å²) in [4.78, 5) is 0. The predicted octanol–water partition coefficient (Wildman–Crippen LogP) is 1.28. The van der Waals surface area contributed by atoms with Gasteiger partial charge in [0.2, 0.25) is 0 Å². The van der Waals surface area contributed by atoms with Gasteiger partial charge in [-0.05, 0) is 12.5 Å². The van der Waals surface area contributed by atoms with Gasteiger partial charge >= 0.3 is 0 Å². The lowest BCUT2D eigenvalue weighted by atomic mass is 9.90. The van der Waals surface area contributed by atoms with Crippen LogP contribution < -0.4 is 0 Å². The van der Waals surface area contributed by atoms with Crippen LogP contribution in [0.4, 0.5) is 0 Å². The van der Waals surface area contributed by atoms with Gasteiger partial charge in [-0.3, -0.25) is 0 Å². The van der Waals surface area contributed by atoms with Crippen LogP contribution in [-0.4, -0.2) is 36.0 Å². The maximum atomic E-state index is 9.64. The van der Waals surface area contributed by atoms with Crippen molar-refractivity contribution in [3.8, 4) is 0 Å². The van der Waals surface area contributed by atoms with Gasteiger partial charge in [-0.25, -0.2) is 0 Å². The molecule has 0 aromatic carbocycles.